The van der Waals surface area contributed by atoms with Gasteiger partial charge in [-0.05, 0) is 48.9 Å². The minimum absolute atomic E-state index is 0.145. The number of aryl methyl sites for hydroxylation is 1. The van der Waals surface area contributed by atoms with Crippen LogP contribution < -0.4 is 5.32 Å². The highest BCUT2D eigenvalue weighted by atomic mass is 35.5. The monoisotopic (exact) mass is 366 g/mol. The van der Waals surface area contributed by atoms with E-state index in [-0.39, 0.29) is 5.91 Å². The molecule has 4 nitrogen and oxygen atoms in total. The van der Waals surface area contributed by atoms with Gasteiger partial charge in [-0.3, -0.25) is 9.69 Å². The lowest BCUT2D eigenvalue weighted by atomic mass is 9.99. The highest BCUT2D eigenvalue weighted by Crippen LogP contribution is 2.25. The fraction of sp³-hybridized carbons (Fsp3) is 0.650. The van der Waals surface area contributed by atoms with Crippen molar-refractivity contribution in [3.8, 4) is 0 Å². The van der Waals surface area contributed by atoms with E-state index in [0.29, 0.717) is 12.3 Å². The lowest BCUT2D eigenvalue weighted by molar-refractivity contribution is -0.121. The van der Waals surface area contributed by atoms with E-state index >= 15 is 0 Å². The second-order valence-electron chi connectivity index (χ2n) is 7.02. The van der Waals surface area contributed by atoms with Gasteiger partial charge in [-0.2, -0.15) is 0 Å². The number of nitrogens with one attached hydrogen (secondary N) is 1. The molecule has 25 heavy (non-hydrogen) atoms. The van der Waals surface area contributed by atoms with E-state index in [0.717, 1.165) is 63.7 Å². The van der Waals surface area contributed by atoms with E-state index in [1.54, 1.807) is 0 Å². The Bertz CT molecular complexity index is 542. The third-order valence-electron chi connectivity index (χ3n) is 4.63. The topological polar surface area (TPSA) is 41.6 Å². The molecule has 2 rings (SSSR count). The van der Waals surface area contributed by atoms with Crippen molar-refractivity contribution in [3.05, 3.63) is 34.3 Å². The molecule has 0 bridgehead atoms. The average molecular weight is 367 g/mol. The van der Waals surface area contributed by atoms with E-state index in [1.165, 1.54) is 11.1 Å². The SMILES string of the molecule is CC(C)c1ccc(CCCC(=O)NCCCN2CCOCC2)cc1Cl. The van der Waals surface area contributed by atoms with E-state index < -0.39 is 0 Å². The Hall–Kier alpha value is -1.10. The molecule has 0 atom stereocenters. The van der Waals surface area contributed by atoms with Crippen molar-refractivity contribution in [1.29, 1.82) is 0 Å². The van der Waals surface area contributed by atoms with Crippen LogP contribution in [0.15, 0.2) is 18.2 Å². The molecule has 140 valence electrons. The summed E-state index contributed by atoms with van der Waals surface area (Å²) in [6, 6.07) is 6.27. The van der Waals surface area contributed by atoms with Crippen molar-refractivity contribution in [1.82, 2.24) is 10.2 Å². The maximum atomic E-state index is 11.9. The molecule has 0 saturated carbocycles. The number of benzene rings is 1. The lowest BCUT2D eigenvalue weighted by Crippen LogP contribution is -2.38. The van der Waals surface area contributed by atoms with E-state index in [9.17, 15) is 4.79 Å². The Labute approximate surface area is 156 Å². The summed E-state index contributed by atoms with van der Waals surface area (Å²) >= 11 is 6.32. The highest BCUT2D eigenvalue weighted by molar-refractivity contribution is 6.31. The van der Waals surface area contributed by atoms with Crippen LogP contribution in [-0.2, 0) is 16.0 Å². The minimum Gasteiger partial charge on any atom is -0.379 e. The van der Waals surface area contributed by atoms with Gasteiger partial charge in [-0.1, -0.05) is 37.6 Å². The zero-order valence-electron chi connectivity index (χ0n) is 15.5. The zero-order chi connectivity index (χ0) is 18.1. The summed E-state index contributed by atoms with van der Waals surface area (Å²) in [5.41, 5.74) is 2.39. The van der Waals surface area contributed by atoms with Crippen molar-refractivity contribution in [2.75, 3.05) is 39.4 Å². The second-order valence-corrected chi connectivity index (χ2v) is 7.43. The van der Waals surface area contributed by atoms with Gasteiger partial charge in [-0.25, -0.2) is 0 Å². The highest BCUT2D eigenvalue weighted by Gasteiger charge is 2.10. The number of ether oxygens (including phenoxy) is 1. The standard InChI is InChI=1S/C20H31ClN2O2/c1-16(2)18-8-7-17(15-19(18)21)5-3-6-20(24)22-9-4-10-23-11-13-25-14-12-23/h7-8,15-16H,3-6,9-14H2,1-2H3,(H,22,24). The number of hydrogen-bond acceptors (Lipinski definition) is 3. The summed E-state index contributed by atoms with van der Waals surface area (Å²) in [5, 5.41) is 3.85. The number of carbonyl (C=O) groups excluding carboxylic acids is 1. The first-order valence-electron chi connectivity index (χ1n) is 9.41. The summed E-state index contributed by atoms with van der Waals surface area (Å²) in [7, 11) is 0. The van der Waals surface area contributed by atoms with Gasteiger partial charge >= 0.3 is 0 Å². The van der Waals surface area contributed by atoms with E-state index in [1.807, 2.05) is 6.07 Å². The fourth-order valence-electron chi connectivity index (χ4n) is 3.09. The summed E-state index contributed by atoms with van der Waals surface area (Å²) in [4.78, 5) is 14.3. The molecule has 0 spiro atoms. The van der Waals surface area contributed by atoms with E-state index in [2.05, 4.69) is 36.2 Å². The number of hydrogen-bond donors (Lipinski definition) is 1. The summed E-state index contributed by atoms with van der Waals surface area (Å²) in [5.74, 6) is 0.580. The van der Waals surface area contributed by atoms with Crippen LogP contribution in [0.2, 0.25) is 5.02 Å². The Balaban J connectivity index is 1.58. The van der Waals surface area contributed by atoms with E-state index in [4.69, 9.17) is 16.3 Å². The normalized spacial score (nSPS) is 15.5. The number of rotatable bonds is 9. The summed E-state index contributed by atoms with van der Waals surface area (Å²) in [6.07, 6.45) is 3.31. The fourth-order valence-corrected chi connectivity index (χ4v) is 3.51. The van der Waals surface area contributed by atoms with Gasteiger partial charge in [0.2, 0.25) is 5.91 Å². The molecule has 1 aromatic carbocycles. The number of amides is 1. The van der Waals surface area contributed by atoms with Gasteiger partial charge in [0, 0.05) is 31.1 Å². The maximum absolute atomic E-state index is 11.9. The Kier molecular flexibility index (Phi) is 8.73. The molecule has 5 heteroatoms. The number of carbonyl (C=O) groups is 1. The van der Waals surface area contributed by atoms with Gasteiger partial charge in [0.05, 0.1) is 13.2 Å². The molecule has 0 aromatic heterocycles. The molecule has 0 unspecified atom stereocenters. The number of halogens is 1. The zero-order valence-corrected chi connectivity index (χ0v) is 16.3. The molecular formula is C20H31ClN2O2. The Morgan fingerprint density at radius 3 is 2.72 bits per heavy atom. The van der Waals surface area contributed by atoms with Crippen LogP contribution >= 0.6 is 11.6 Å². The van der Waals surface area contributed by atoms with Gasteiger partial charge < -0.3 is 10.1 Å². The van der Waals surface area contributed by atoms with Crippen molar-refractivity contribution in [2.24, 2.45) is 0 Å². The smallest absolute Gasteiger partial charge is 0.220 e. The molecule has 1 amide bonds. The van der Waals surface area contributed by atoms with Crippen LogP contribution in [0, 0.1) is 0 Å². The number of nitrogens with zero attached hydrogens (tertiary/aromatic N) is 1. The van der Waals surface area contributed by atoms with Crippen molar-refractivity contribution in [3.63, 3.8) is 0 Å². The van der Waals surface area contributed by atoms with Crippen molar-refractivity contribution in [2.45, 2.75) is 45.4 Å². The summed E-state index contributed by atoms with van der Waals surface area (Å²) in [6.45, 7) is 9.74. The quantitative estimate of drug-likeness (QED) is 0.678. The first kappa shape index (κ1) is 20.2. The first-order valence-corrected chi connectivity index (χ1v) is 9.79. The maximum Gasteiger partial charge on any atom is 0.220 e. The van der Waals surface area contributed by atoms with Crippen LogP contribution in [0.3, 0.4) is 0 Å². The molecule has 1 N–H and O–H groups in total. The second kappa shape index (κ2) is 10.8. The first-order chi connectivity index (χ1) is 12.1. The largest absolute Gasteiger partial charge is 0.379 e. The van der Waals surface area contributed by atoms with Crippen LogP contribution in [0.5, 0.6) is 0 Å². The third-order valence-corrected chi connectivity index (χ3v) is 4.96. The molecule has 1 aromatic rings. The van der Waals surface area contributed by atoms with Crippen LogP contribution in [0.1, 0.15) is 50.2 Å². The molecule has 0 aliphatic carbocycles. The molecule has 1 fully saturated rings. The lowest BCUT2D eigenvalue weighted by Gasteiger charge is -2.26. The van der Waals surface area contributed by atoms with Gasteiger partial charge in [0.25, 0.3) is 0 Å². The van der Waals surface area contributed by atoms with Crippen LogP contribution in [0.4, 0.5) is 0 Å². The van der Waals surface area contributed by atoms with Gasteiger partial charge in [-0.15, -0.1) is 0 Å². The van der Waals surface area contributed by atoms with Gasteiger partial charge in [0.15, 0.2) is 0 Å². The molecule has 1 aliphatic rings. The molecule has 1 heterocycles. The van der Waals surface area contributed by atoms with Crippen LogP contribution in [-0.4, -0.2) is 50.2 Å². The predicted molar refractivity (Wildman–Crippen MR) is 103 cm³/mol. The average Bonchev–Trinajstić information content (AvgIpc) is 2.59. The Morgan fingerprint density at radius 2 is 2.04 bits per heavy atom. The van der Waals surface area contributed by atoms with Crippen LogP contribution in [0.25, 0.3) is 0 Å². The summed E-state index contributed by atoms with van der Waals surface area (Å²) < 4.78 is 5.33. The predicted octanol–water partition coefficient (Wildman–Crippen LogP) is 3.62. The molecular weight excluding hydrogens is 336 g/mol. The van der Waals surface area contributed by atoms with Crippen molar-refractivity contribution < 1.29 is 9.53 Å². The molecule has 0 radical (unpaired) electrons. The van der Waals surface area contributed by atoms with Gasteiger partial charge in [0.1, 0.15) is 0 Å². The van der Waals surface area contributed by atoms with Crippen molar-refractivity contribution >= 4 is 17.5 Å². The molecule has 1 saturated heterocycles. The Morgan fingerprint density at radius 1 is 1.28 bits per heavy atom. The molecule has 1 aliphatic heterocycles. The minimum atomic E-state index is 0.145. The number of morpholine rings is 1. The third kappa shape index (κ3) is 7.35.